The summed E-state index contributed by atoms with van der Waals surface area (Å²) >= 11 is 0. The molecule has 0 unspecified atom stereocenters. The SMILES string of the molecule is NCc1cnc2c(n1)COC2. The summed E-state index contributed by atoms with van der Waals surface area (Å²) in [6.45, 7) is 1.61. The van der Waals surface area contributed by atoms with E-state index in [0.717, 1.165) is 17.1 Å². The predicted molar refractivity (Wildman–Crippen MR) is 38.4 cm³/mol. The summed E-state index contributed by atoms with van der Waals surface area (Å²) in [6.07, 6.45) is 1.70. The van der Waals surface area contributed by atoms with Gasteiger partial charge in [0, 0.05) is 6.54 Å². The Balaban J connectivity index is 2.41. The van der Waals surface area contributed by atoms with Gasteiger partial charge in [-0.25, -0.2) is 0 Å². The second-order valence-electron chi connectivity index (χ2n) is 2.45. The van der Waals surface area contributed by atoms with E-state index in [1.54, 1.807) is 6.20 Å². The number of nitrogens with zero attached hydrogens (tertiary/aromatic N) is 2. The van der Waals surface area contributed by atoms with Gasteiger partial charge in [-0.2, -0.15) is 0 Å². The highest BCUT2D eigenvalue weighted by Crippen LogP contribution is 2.14. The third kappa shape index (κ3) is 1.10. The third-order valence-electron chi connectivity index (χ3n) is 1.67. The lowest BCUT2D eigenvalue weighted by molar-refractivity contribution is 0.132. The molecule has 1 aliphatic rings. The van der Waals surface area contributed by atoms with Crippen LogP contribution in [0.2, 0.25) is 0 Å². The fourth-order valence-corrected chi connectivity index (χ4v) is 1.07. The first-order chi connectivity index (χ1) is 5.40. The molecular weight excluding hydrogens is 142 g/mol. The average molecular weight is 151 g/mol. The van der Waals surface area contributed by atoms with Crippen molar-refractivity contribution in [3.63, 3.8) is 0 Å². The van der Waals surface area contributed by atoms with Crippen molar-refractivity contribution in [2.45, 2.75) is 19.8 Å². The van der Waals surface area contributed by atoms with Crippen LogP contribution in [0, 0.1) is 0 Å². The molecule has 0 spiro atoms. The van der Waals surface area contributed by atoms with Crippen molar-refractivity contribution in [3.8, 4) is 0 Å². The molecule has 1 aromatic rings. The van der Waals surface area contributed by atoms with Crippen LogP contribution < -0.4 is 5.73 Å². The largest absolute Gasteiger partial charge is 0.369 e. The minimum absolute atomic E-state index is 0.445. The highest BCUT2D eigenvalue weighted by atomic mass is 16.5. The summed E-state index contributed by atoms with van der Waals surface area (Å²) in [4.78, 5) is 8.42. The maximum atomic E-state index is 5.40. The summed E-state index contributed by atoms with van der Waals surface area (Å²) in [7, 11) is 0. The third-order valence-corrected chi connectivity index (χ3v) is 1.67. The molecule has 58 valence electrons. The van der Waals surface area contributed by atoms with Crippen LogP contribution in [0.4, 0.5) is 0 Å². The Kier molecular flexibility index (Phi) is 1.56. The van der Waals surface area contributed by atoms with Gasteiger partial charge in [0.25, 0.3) is 0 Å². The minimum atomic E-state index is 0.445. The van der Waals surface area contributed by atoms with Crippen molar-refractivity contribution in [1.29, 1.82) is 0 Å². The van der Waals surface area contributed by atoms with E-state index in [1.165, 1.54) is 0 Å². The van der Waals surface area contributed by atoms with E-state index in [0.29, 0.717) is 19.8 Å². The molecule has 1 aromatic heterocycles. The first kappa shape index (κ1) is 6.69. The molecule has 0 fully saturated rings. The van der Waals surface area contributed by atoms with E-state index >= 15 is 0 Å². The first-order valence-corrected chi connectivity index (χ1v) is 3.51. The zero-order chi connectivity index (χ0) is 7.68. The number of rotatable bonds is 1. The summed E-state index contributed by atoms with van der Waals surface area (Å²) in [6, 6.07) is 0. The zero-order valence-corrected chi connectivity index (χ0v) is 6.08. The quantitative estimate of drug-likeness (QED) is 0.612. The highest BCUT2D eigenvalue weighted by molar-refractivity contribution is 5.15. The van der Waals surface area contributed by atoms with Crippen molar-refractivity contribution in [3.05, 3.63) is 23.3 Å². The molecule has 1 aliphatic heterocycles. The van der Waals surface area contributed by atoms with Gasteiger partial charge < -0.3 is 10.5 Å². The van der Waals surface area contributed by atoms with E-state index in [-0.39, 0.29) is 0 Å². The lowest BCUT2D eigenvalue weighted by Gasteiger charge is -1.97. The lowest BCUT2D eigenvalue weighted by atomic mass is 10.3. The fourth-order valence-electron chi connectivity index (χ4n) is 1.07. The Morgan fingerprint density at radius 2 is 2.27 bits per heavy atom. The summed E-state index contributed by atoms with van der Waals surface area (Å²) in [5.41, 5.74) is 8.11. The smallest absolute Gasteiger partial charge is 0.0912 e. The van der Waals surface area contributed by atoms with Gasteiger partial charge in [-0.15, -0.1) is 0 Å². The molecule has 2 heterocycles. The Hall–Kier alpha value is -1.00. The number of hydrogen-bond acceptors (Lipinski definition) is 4. The van der Waals surface area contributed by atoms with Gasteiger partial charge in [-0.1, -0.05) is 0 Å². The summed E-state index contributed by atoms with van der Waals surface area (Å²) in [5, 5.41) is 0. The molecule has 2 rings (SSSR count). The van der Waals surface area contributed by atoms with Gasteiger partial charge in [-0.3, -0.25) is 9.97 Å². The molecular formula is C7H9N3O. The number of aromatic nitrogens is 2. The standard InChI is InChI=1S/C7H9N3O/c8-1-5-2-9-6-3-11-4-7(6)10-5/h2H,1,3-4,8H2. The number of hydrogen-bond donors (Lipinski definition) is 1. The van der Waals surface area contributed by atoms with Crippen LogP contribution in [0.5, 0.6) is 0 Å². The predicted octanol–water partition coefficient (Wildman–Crippen LogP) is -0.0345. The average Bonchev–Trinajstić information content (AvgIpc) is 2.50. The number of nitrogens with two attached hydrogens (primary N) is 1. The maximum absolute atomic E-state index is 5.40. The van der Waals surface area contributed by atoms with Crippen LogP contribution in [-0.4, -0.2) is 9.97 Å². The van der Waals surface area contributed by atoms with Crippen molar-refractivity contribution >= 4 is 0 Å². The van der Waals surface area contributed by atoms with Crippen LogP contribution in [0.25, 0.3) is 0 Å². The van der Waals surface area contributed by atoms with Gasteiger partial charge in [0.15, 0.2) is 0 Å². The molecule has 0 aliphatic carbocycles. The fraction of sp³-hybridized carbons (Fsp3) is 0.429. The van der Waals surface area contributed by atoms with Crippen LogP contribution in [0.3, 0.4) is 0 Å². The van der Waals surface area contributed by atoms with Crippen molar-refractivity contribution in [1.82, 2.24) is 9.97 Å². The van der Waals surface area contributed by atoms with E-state index in [4.69, 9.17) is 10.5 Å². The second kappa shape index (κ2) is 2.56. The number of ether oxygens (including phenoxy) is 1. The zero-order valence-electron chi connectivity index (χ0n) is 6.08. The molecule has 0 radical (unpaired) electrons. The topological polar surface area (TPSA) is 61.0 Å². The second-order valence-corrected chi connectivity index (χ2v) is 2.45. The van der Waals surface area contributed by atoms with Gasteiger partial charge in [-0.05, 0) is 0 Å². The van der Waals surface area contributed by atoms with E-state index in [2.05, 4.69) is 9.97 Å². The maximum Gasteiger partial charge on any atom is 0.0912 e. The first-order valence-electron chi connectivity index (χ1n) is 3.51. The lowest BCUT2D eigenvalue weighted by Crippen LogP contribution is -2.03. The van der Waals surface area contributed by atoms with E-state index in [9.17, 15) is 0 Å². The van der Waals surface area contributed by atoms with Crippen molar-refractivity contribution < 1.29 is 4.74 Å². The van der Waals surface area contributed by atoms with Crippen molar-refractivity contribution in [2.75, 3.05) is 0 Å². The van der Waals surface area contributed by atoms with Crippen molar-refractivity contribution in [2.24, 2.45) is 5.73 Å². The van der Waals surface area contributed by atoms with E-state index < -0.39 is 0 Å². The Morgan fingerprint density at radius 3 is 3.09 bits per heavy atom. The Bertz CT molecular complexity index is 274. The van der Waals surface area contributed by atoms with Gasteiger partial charge in [0.2, 0.25) is 0 Å². The molecule has 4 nitrogen and oxygen atoms in total. The van der Waals surface area contributed by atoms with Crippen LogP contribution >= 0.6 is 0 Å². The highest BCUT2D eigenvalue weighted by Gasteiger charge is 2.13. The molecule has 0 saturated heterocycles. The van der Waals surface area contributed by atoms with Crippen LogP contribution in [0.15, 0.2) is 6.20 Å². The molecule has 0 aromatic carbocycles. The van der Waals surface area contributed by atoms with E-state index in [1.807, 2.05) is 0 Å². The molecule has 0 bridgehead atoms. The summed E-state index contributed by atoms with van der Waals surface area (Å²) < 4.78 is 5.15. The summed E-state index contributed by atoms with van der Waals surface area (Å²) in [5.74, 6) is 0. The molecule has 11 heavy (non-hydrogen) atoms. The number of fused-ring (bicyclic) bond motifs is 1. The monoisotopic (exact) mass is 151 g/mol. The molecule has 4 heteroatoms. The minimum Gasteiger partial charge on any atom is -0.369 e. The molecule has 0 atom stereocenters. The molecule has 0 amide bonds. The normalized spacial score (nSPS) is 15.0. The Labute approximate surface area is 64.4 Å². The van der Waals surface area contributed by atoms with Crippen LogP contribution in [0.1, 0.15) is 17.1 Å². The van der Waals surface area contributed by atoms with Gasteiger partial charge >= 0.3 is 0 Å². The Morgan fingerprint density at radius 1 is 1.45 bits per heavy atom. The molecule has 2 N–H and O–H groups in total. The van der Waals surface area contributed by atoms with Crippen LogP contribution in [-0.2, 0) is 24.5 Å². The molecule has 0 saturated carbocycles. The van der Waals surface area contributed by atoms with Gasteiger partial charge in [0.05, 0.1) is 36.5 Å². The van der Waals surface area contributed by atoms with Gasteiger partial charge in [0.1, 0.15) is 0 Å².